The molecule has 0 aliphatic carbocycles. The zero-order valence-electron chi connectivity index (χ0n) is 15.1. The van der Waals surface area contributed by atoms with Crippen LogP contribution in [0.2, 0.25) is 0 Å². The summed E-state index contributed by atoms with van der Waals surface area (Å²) in [6, 6.07) is 8.77. The molecule has 0 saturated carbocycles. The van der Waals surface area contributed by atoms with Crippen molar-refractivity contribution in [1.29, 1.82) is 0 Å². The van der Waals surface area contributed by atoms with Crippen LogP contribution in [0.4, 0.5) is 0 Å². The Bertz CT molecular complexity index is 528. The summed E-state index contributed by atoms with van der Waals surface area (Å²) in [5.74, 6) is 0.993. The van der Waals surface area contributed by atoms with Crippen LogP contribution in [-0.2, 0) is 11.3 Å². The van der Waals surface area contributed by atoms with E-state index in [0.717, 1.165) is 71.1 Å². The zero-order chi connectivity index (χ0) is 17.0. The first kappa shape index (κ1) is 17.3. The van der Waals surface area contributed by atoms with Gasteiger partial charge in [-0.3, -0.25) is 4.90 Å². The molecule has 0 amide bonds. The second-order valence-electron chi connectivity index (χ2n) is 7.65. The molecule has 4 rings (SSSR count). The Balaban J connectivity index is 1.38. The summed E-state index contributed by atoms with van der Waals surface area (Å²) in [5, 5.41) is 7.12. The summed E-state index contributed by atoms with van der Waals surface area (Å²) < 4.78 is 11.5. The van der Waals surface area contributed by atoms with E-state index in [-0.39, 0.29) is 0 Å². The predicted molar refractivity (Wildman–Crippen MR) is 99.0 cm³/mol. The van der Waals surface area contributed by atoms with Crippen molar-refractivity contribution in [2.24, 2.45) is 0 Å². The van der Waals surface area contributed by atoms with Gasteiger partial charge in [0, 0.05) is 44.6 Å². The average Bonchev–Trinajstić information content (AvgIpc) is 2.67. The quantitative estimate of drug-likeness (QED) is 0.871. The Hall–Kier alpha value is -1.14. The van der Waals surface area contributed by atoms with Crippen molar-refractivity contribution in [1.82, 2.24) is 15.5 Å². The number of hydrogen-bond donors (Lipinski definition) is 2. The second kappa shape index (κ2) is 8.04. The van der Waals surface area contributed by atoms with Gasteiger partial charge in [0.05, 0.1) is 13.2 Å². The Morgan fingerprint density at radius 1 is 1.04 bits per heavy atom. The SMILES string of the molecule is c1cc(OC2CCOCC2)ccc1CN1CCNCC12CCNCC2. The summed E-state index contributed by atoms with van der Waals surface area (Å²) in [7, 11) is 0. The molecule has 3 aliphatic rings. The summed E-state index contributed by atoms with van der Waals surface area (Å²) in [5.41, 5.74) is 1.72. The van der Waals surface area contributed by atoms with Crippen molar-refractivity contribution in [3.8, 4) is 5.75 Å². The maximum Gasteiger partial charge on any atom is 0.119 e. The number of nitrogens with zero attached hydrogens (tertiary/aromatic N) is 1. The smallest absolute Gasteiger partial charge is 0.119 e. The lowest BCUT2D eigenvalue weighted by atomic mass is 9.84. The van der Waals surface area contributed by atoms with Crippen LogP contribution in [0.5, 0.6) is 5.75 Å². The van der Waals surface area contributed by atoms with E-state index >= 15 is 0 Å². The number of benzene rings is 1. The number of rotatable bonds is 4. The van der Waals surface area contributed by atoms with Gasteiger partial charge in [0.25, 0.3) is 0 Å². The first-order valence-corrected chi connectivity index (χ1v) is 9.84. The maximum absolute atomic E-state index is 6.10. The molecule has 0 radical (unpaired) electrons. The standard InChI is InChI=1S/C20H31N3O2/c1-3-18(25-19-5-13-24-14-6-19)4-2-17(1)15-23-12-11-22-16-20(23)7-9-21-10-8-20/h1-4,19,21-22H,5-16H2. The fraction of sp³-hybridized carbons (Fsp3) is 0.700. The number of ether oxygens (including phenoxy) is 2. The van der Waals surface area contributed by atoms with E-state index in [1.165, 1.54) is 18.4 Å². The van der Waals surface area contributed by atoms with Gasteiger partial charge in [-0.25, -0.2) is 0 Å². The van der Waals surface area contributed by atoms with Crippen LogP contribution < -0.4 is 15.4 Å². The molecule has 0 unspecified atom stereocenters. The molecule has 0 aromatic heterocycles. The van der Waals surface area contributed by atoms with Gasteiger partial charge in [0.2, 0.25) is 0 Å². The van der Waals surface area contributed by atoms with Gasteiger partial charge in [-0.05, 0) is 43.6 Å². The van der Waals surface area contributed by atoms with E-state index in [1.54, 1.807) is 0 Å². The lowest BCUT2D eigenvalue weighted by Crippen LogP contribution is -2.64. The minimum atomic E-state index is 0.311. The fourth-order valence-corrected chi connectivity index (χ4v) is 4.40. The third kappa shape index (κ3) is 4.17. The van der Waals surface area contributed by atoms with E-state index in [2.05, 4.69) is 39.8 Å². The second-order valence-corrected chi connectivity index (χ2v) is 7.65. The molecule has 5 heteroatoms. The molecule has 3 saturated heterocycles. The molecule has 1 spiro atoms. The normalized spacial score (nSPS) is 25.1. The summed E-state index contributed by atoms with van der Waals surface area (Å²) in [4.78, 5) is 2.71. The molecular formula is C20H31N3O2. The van der Waals surface area contributed by atoms with Crippen LogP contribution in [0, 0.1) is 0 Å². The largest absolute Gasteiger partial charge is 0.490 e. The minimum absolute atomic E-state index is 0.311. The van der Waals surface area contributed by atoms with E-state index in [0.29, 0.717) is 11.6 Å². The van der Waals surface area contributed by atoms with Crippen LogP contribution in [0.25, 0.3) is 0 Å². The third-order valence-electron chi connectivity index (χ3n) is 5.99. The van der Waals surface area contributed by atoms with E-state index in [9.17, 15) is 0 Å². The lowest BCUT2D eigenvalue weighted by Gasteiger charge is -2.50. The zero-order valence-corrected chi connectivity index (χ0v) is 15.1. The minimum Gasteiger partial charge on any atom is -0.490 e. The highest BCUT2D eigenvalue weighted by molar-refractivity contribution is 5.28. The van der Waals surface area contributed by atoms with Crippen molar-refractivity contribution >= 4 is 0 Å². The maximum atomic E-state index is 6.10. The first-order chi connectivity index (χ1) is 12.3. The molecule has 3 aliphatic heterocycles. The third-order valence-corrected chi connectivity index (χ3v) is 5.99. The first-order valence-electron chi connectivity index (χ1n) is 9.84. The highest BCUT2D eigenvalue weighted by Crippen LogP contribution is 2.29. The molecular weight excluding hydrogens is 314 g/mol. The van der Waals surface area contributed by atoms with Crippen LogP contribution in [0.3, 0.4) is 0 Å². The van der Waals surface area contributed by atoms with Crippen LogP contribution in [0.15, 0.2) is 24.3 Å². The Morgan fingerprint density at radius 3 is 2.56 bits per heavy atom. The van der Waals surface area contributed by atoms with Gasteiger partial charge in [-0.1, -0.05) is 12.1 Å². The van der Waals surface area contributed by atoms with Gasteiger partial charge in [-0.15, -0.1) is 0 Å². The molecule has 2 N–H and O–H groups in total. The van der Waals surface area contributed by atoms with Gasteiger partial charge >= 0.3 is 0 Å². The average molecular weight is 345 g/mol. The number of piperidine rings is 1. The van der Waals surface area contributed by atoms with Crippen LogP contribution in [-0.4, -0.2) is 62.5 Å². The van der Waals surface area contributed by atoms with Crippen LogP contribution >= 0.6 is 0 Å². The van der Waals surface area contributed by atoms with Crippen molar-refractivity contribution < 1.29 is 9.47 Å². The highest BCUT2D eigenvalue weighted by atomic mass is 16.5. The fourth-order valence-electron chi connectivity index (χ4n) is 4.40. The van der Waals surface area contributed by atoms with E-state index < -0.39 is 0 Å². The van der Waals surface area contributed by atoms with Gasteiger partial charge < -0.3 is 20.1 Å². The summed E-state index contributed by atoms with van der Waals surface area (Å²) in [6.45, 7) is 8.32. The molecule has 25 heavy (non-hydrogen) atoms. The molecule has 3 heterocycles. The van der Waals surface area contributed by atoms with Crippen molar-refractivity contribution in [2.45, 2.75) is 43.9 Å². The topological polar surface area (TPSA) is 45.8 Å². The molecule has 1 aromatic rings. The monoisotopic (exact) mass is 345 g/mol. The lowest BCUT2D eigenvalue weighted by molar-refractivity contribution is 0.0249. The number of nitrogens with one attached hydrogen (secondary N) is 2. The van der Waals surface area contributed by atoms with Gasteiger partial charge in [0.15, 0.2) is 0 Å². The van der Waals surface area contributed by atoms with Crippen molar-refractivity contribution in [3.05, 3.63) is 29.8 Å². The number of piperazine rings is 1. The van der Waals surface area contributed by atoms with E-state index in [4.69, 9.17) is 9.47 Å². The Labute approximate surface area is 151 Å². The Kier molecular flexibility index (Phi) is 5.56. The van der Waals surface area contributed by atoms with Gasteiger partial charge in [-0.2, -0.15) is 0 Å². The molecule has 5 nitrogen and oxygen atoms in total. The Morgan fingerprint density at radius 2 is 1.80 bits per heavy atom. The molecule has 138 valence electrons. The van der Waals surface area contributed by atoms with Crippen molar-refractivity contribution in [3.63, 3.8) is 0 Å². The highest BCUT2D eigenvalue weighted by Gasteiger charge is 2.39. The number of hydrogen-bond acceptors (Lipinski definition) is 5. The van der Waals surface area contributed by atoms with Gasteiger partial charge in [0.1, 0.15) is 11.9 Å². The van der Waals surface area contributed by atoms with E-state index in [1.807, 2.05) is 0 Å². The summed E-state index contributed by atoms with van der Waals surface area (Å²) >= 11 is 0. The molecule has 0 bridgehead atoms. The van der Waals surface area contributed by atoms with Crippen molar-refractivity contribution in [2.75, 3.05) is 45.9 Å². The summed E-state index contributed by atoms with van der Waals surface area (Å²) in [6.07, 6.45) is 4.79. The molecule has 0 atom stereocenters. The van der Waals surface area contributed by atoms with Crippen LogP contribution in [0.1, 0.15) is 31.2 Å². The predicted octanol–water partition coefficient (Wildman–Crippen LogP) is 1.77. The molecule has 3 fully saturated rings. The molecule has 1 aromatic carbocycles.